The predicted molar refractivity (Wildman–Crippen MR) is 577 cm³/mol. The van der Waals surface area contributed by atoms with Gasteiger partial charge in [0.1, 0.15) is 36.9 Å². The highest BCUT2D eigenvalue weighted by molar-refractivity contribution is 6.44. The van der Waals surface area contributed by atoms with E-state index in [9.17, 15) is 23.2 Å². The van der Waals surface area contributed by atoms with Crippen LogP contribution in [0.25, 0.3) is 0 Å². The second kappa shape index (κ2) is 51.6. The Kier molecular flexibility index (Phi) is 36.0. The Morgan fingerprint density at radius 3 is 0.947 bits per heavy atom. The van der Waals surface area contributed by atoms with E-state index in [1.165, 1.54) is 18.2 Å². The van der Waals surface area contributed by atoms with Crippen LogP contribution in [-0.4, -0.2) is 89.5 Å². The van der Waals surface area contributed by atoms with Gasteiger partial charge in [-0.3, -0.25) is 14.4 Å². The molecule has 19 aromatic rings. The monoisotopic (exact) mass is 2070 g/mol. The Balaban J connectivity index is 0.000000143. The molecule has 0 aliphatic heterocycles. The number of aromatic nitrogens is 12. The van der Waals surface area contributed by atoms with Crippen molar-refractivity contribution in [3.8, 4) is 30.3 Å². The molecule has 150 heavy (non-hydrogen) atoms. The smallest absolute Gasteiger partial charge is 0.193 e. The lowest BCUT2D eigenvalue weighted by Gasteiger charge is -2.26. The molecule has 0 spiro atoms. The Labute approximate surface area is 890 Å². The van der Waals surface area contributed by atoms with Gasteiger partial charge in [0.15, 0.2) is 40.6 Å². The topological polar surface area (TPSA) is 306 Å². The van der Waals surface area contributed by atoms with E-state index in [-0.39, 0.29) is 29.0 Å². The summed E-state index contributed by atoms with van der Waals surface area (Å²) in [5.74, 6) is 2.35. The SMILES string of the molecule is N#Cc1ccc(CN(Cc2nncn2Cc2ccc(C#N)cc2)c2cc(Cl)cc(Cl)c2)cc1.N#Cc1ccc(Cn2cnnc2CN(CCc2ccc(F)cc2)c2ccc(C(=O)c3ccccc3)cc2)cc1.N#Cc1ccc(Cn2cnnc2CN(CCc2ccccc2F)c2ccc(C(=O)c3ccccc3)cc2)cc1.N#Cc1ccc(Cn2cnnc2CN(c2ccc(C(=O)c3ccccc3)cc2)c2cc(Cl)c(Cl)cc2Cl)cc1. The zero-order valence-corrected chi connectivity index (χ0v) is 84.2. The summed E-state index contributed by atoms with van der Waals surface area (Å²) in [5, 5.41) is 81.4. The van der Waals surface area contributed by atoms with Gasteiger partial charge in [-0.05, 0) is 234 Å². The number of rotatable bonds is 35. The molecule has 0 saturated heterocycles. The molecule has 0 amide bonds. The van der Waals surface area contributed by atoms with Crippen molar-refractivity contribution in [1.29, 1.82) is 26.3 Å². The molecule has 0 atom stereocenters. The first kappa shape index (κ1) is 105. The Morgan fingerprint density at radius 2 is 0.587 bits per heavy atom. The average Bonchev–Trinajstić information content (AvgIpc) is 1.30. The summed E-state index contributed by atoms with van der Waals surface area (Å²) in [7, 11) is 0. The number of ketones is 3. The van der Waals surface area contributed by atoms with Gasteiger partial charge in [-0.2, -0.15) is 26.3 Å². The maximum atomic E-state index is 14.4. The van der Waals surface area contributed by atoms with Crippen LogP contribution in [0.5, 0.6) is 0 Å². The van der Waals surface area contributed by atoms with Gasteiger partial charge in [0.05, 0.1) is 131 Å². The molecule has 0 radical (unpaired) electrons. The van der Waals surface area contributed by atoms with E-state index in [2.05, 4.69) is 85.8 Å². The molecule has 4 heterocycles. The number of nitrogens with zero attached hydrogens (tertiary/aromatic N) is 21. The van der Waals surface area contributed by atoms with Gasteiger partial charge in [-0.1, -0.05) is 240 Å². The van der Waals surface area contributed by atoms with E-state index >= 15 is 0 Å². The van der Waals surface area contributed by atoms with Crippen molar-refractivity contribution in [2.45, 2.75) is 71.7 Å². The summed E-state index contributed by atoms with van der Waals surface area (Å²) in [6, 6.07) is 120. The molecule has 31 heteroatoms. The summed E-state index contributed by atoms with van der Waals surface area (Å²) in [6.07, 6.45) is 7.94. The van der Waals surface area contributed by atoms with Gasteiger partial charge in [0, 0.05) is 85.8 Å². The molecule has 738 valence electrons. The van der Waals surface area contributed by atoms with Crippen LogP contribution in [0, 0.1) is 68.3 Å². The highest BCUT2D eigenvalue weighted by Crippen LogP contribution is 2.40. The quantitative estimate of drug-likeness (QED) is 0.0263. The first-order chi connectivity index (χ1) is 73.1. The van der Waals surface area contributed by atoms with Crippen LogP contribution in [0.3, 0.4) is 0 Å². The Hall–Kier alpha value is -18.2. The first-order valence-electron chi connectivity index (χ1n) is 47.3. The van der Waals surface area contributed by atoms with Gasteiger partial charge >= 0.3 is 0 Å². The minimum Gasteiger partial charge on any atom is -0.364 e. The van der Waals surface area contributed by atoms with Crippen molar-refractivity contribution in [3.63, 3.8) is 0 Å². The lowest BCUT2D eigenvalue weighted by Crippen LogP contribution is -2.27. The van der Waals surface area contributed by atoms with E-state index < -0.39 is 0 Å². The number of hydrogen-bond acceptors (Lipinski definition) is 20. The maximum absolute atomic E-state index is 14.4. The van der Waals surface area contributed by atoms with Crippen LogP contribution in [0.2, 0.25) is 25.1 Å². The summed E-state index contributed by atoms with van der Waals surface area (Å²) in [6.45, 7) is 5.68. The maximum Gasteiger partial charge on any atom is 0.193 e. The Bertz CT molecular complexity index is 8040. The molecule has 0 bridgehead atoms. The minimum absolute atomic E-state index is 0.0258. The van der Waals surface area contributed by atoms with Crippen LogP contribution in [-0.2, 0) is 71.7 Å². The lowest BCUT2D eigenvalue weighted by atomic mass is 10.0. The van der Waals surface area contributed by atoms with Crippen molar-refractivity contribution < 1.29 is 23.2 Å². The Morgan fingerprint density at radius 1 is 0.280 bits per heavy atom. The summed E-state index contributed by atoms with van der Waals surface area (Å²) >= 11 is 31.8. The molecule has 24 nitrogen and oxygen atoms in total. The van der Waals surface area contributed by atoms with Crippen LogP contribution in [0.15, 0.2) is 389 Å². The van der Waals surface area contributed by atoms with Crippen LogP contribution < -0.4 is 19.6 Å². The molecular formula is C119H90Cl5F2N21O3. The van der Waals surface area contributed by atoms with E-state index in [0.29, 0.717) is 188 Å². The van der Waals surface area contributed by atoms with Crippen molar-refractivity contribution in [3.05, 3.63) is 549 Å². The largest absolute Gasteiger partial charge is 0.364 e. The fourth-order valence-corrected chi connectivity index (χ4v) is 17.5. The fraction of sp³-hybridized carbons (Fsp3) is 0.109. The van der Waals surface area contributed by atoms with Crippen molar-refractivity contribution in [2.24, 2.45) is 0 Å². The number of halogens is 7. The van der Waals surface area contributed by atoms with Crippen molar-refractivity contribution in [2.75, 3.05) is 32.7 Å². The third-order valence-corrected chi connectivity index (χ3v) is 26.0. The molecular weight excluding hydrogens is 1990 g/mol. The predicted octanol–water partition coefficient (Wildman–Crippen LogP) is 24.9. The first-order valence-corrected chi connectivity index (χ1v) is 49.2. The third kappa shape index (κ3) is 28.5. The average molecular weight is 2080 g/mol. The van der Waals surface area contributed by atoms with Gasteiger partial charge in [-0.15, -0.1) is 40.8 Å². The molecule has 19 rings (SSSR count). The molecule has 0 N–H and O–H groups in total. The van der Waals surface area contributed by atoms with Gasteiger partial charge in [-0.25, -0.2) is 8.78 Å². The molecule has 0 aliphatic carbocycles. The minimum atomic E-state index is -0.259. The van der Waals surface area contributed by atoms with Gasteiger partial charge < -0.3 is 37.9 Å². The van der Waals surface area contributed by atoms with E-state index in [4.69, 9.17) is 84.3 Å². The van der Waals surface area contributed by atoms with Crippen LogP contribution in [0.4, 0.5) is 37.2 Å². The number of benzene rings is 15. The summed E-state index contributed by atoms with van der Waals surface area (Å²) < 4.78 is 35.6. The lowest BCUT2D eigenvalue weighted by molar-refractivity contribution is 0.103. The highest BCUT2D eigenvalue weighted by Gasteiger charge is 2.25. The number of carbonyl (C=O) groups is 3. The molecule has 0 aliphatic rings. The molecule has 15 aromatic carbocycles. The van der Waals surface area contributed by atoms with Gasteiger partial charge in [0.25, 0.3) is 0 Å². The van der Waals surface area contributed by atoms with Gasteiger partial charge in [0.2, 0.25) is 0 Å². The molecule has 4 aromatic heterocycles. The normalized spacial score (nSPS) is 10.6. The zero-order valence-electron chi connectivity index (χ0n) is 80.4. The van der Waals surface area contributed by atoms with E-state index in [1.807, 2.05) is 229 Å². The van der Waals surface area contributed by atoms with Crippen molar-refractivity contribution in [1.82, 2.24) is 59.1 Å². The van der Waals surface area contributed by atoms with Crippen molar-refractivity contribution >= 4 is 104 Å². The standard InChI is InChI=1S/2C32H26FN5O.C30H20Cl3N5O.C25H18Cl2N6/c33-30-9-5-4-6-26(30)18-19-37(29-16-14-28(15-17-29)32(39)27-7-2-1-3-8-27)22-31-36-35-23-38(31)21-25-12-10-24(20-34)11-13-25;33-29-14-10-24(11-15-29)18-19-37(30-16-12-28(13-17-30)32(39)27-4-2-1-3-5-27)22-31-36-35-23-38(31)21-26-8-6-25(20-34)7-9-26;31-25-14-27(33)28(15-26(25)32)38(24-12-10-23(11-13-24)30(39)22-4-2-1-3-5-22)18-29-36-35-19-37(29)17-21-8-6-20(16-34)7-9-21;26-22-9-23(27)11-24(10-22)32(14-20-5-1-18(12-28)2-6-20)16-25-31-30-17-33(25)15-21-7-3-19(13-29)4-8-21/h2*1-17,23H,18-19,21-22H2;1-15,19H,17-18H2;1-11,17H,14-16H2. The highest BCUT2D eigenvalue weighted by atomic mass is 35.5. The second-order valence-electron chi connectivity index (χ2n) is 34.6. The second-order valence-corrected chi connectivity index (χ2v) is 36.7. The van der Waals surface area contributed by atoms with E-state index in [0.717, 1.165) is 73.6 Å². The molecule has 0 saturated carbocycles. The number of hydrogen-bond donors (Lipinski definition) is 0. The van der Waals surface area contributed by atoms with E-state index in [1.54, 1.807) is 165 Å². The van der Waals surface area contributed by atoms with Crippen LogP contribution >= 0.6 is 58.0 Å². The number of anilines is 5. The summed E-state index contributed by atoms with van der Waals surface area (Å²) in [5.41, 5.74) is 17.6. The molecule has 0 fully saturated rings. The third-order valence-electron chi connectivity index (χ3n) is 24.5. The zero-order chi connectivity index (χ0) is 105. The molecule has 0 unspecified atom stereocenters. The summed E-state index contributed by atoms with van der Waals surface area (Å²) in [4.78, 5) is 47.1. The number of nitriles is 5. The number of carbonyl (C=O) groups excluding carboxylic acids is 3. The fourth-order valence-electron chi connectivity index (χ4n) is 16.4. The van der Waals surface area contributed by atoms with Crippen LogP contribution in [0.1, 0.15) is 138 Å².